The van der Waals surface area contributed by atoms with Crippen LogP contribution in [0.3, 0.4) is 0 Å². The van der Waals surface area contributed by atoms with Crippen molar-refractivity contribution >= 4 is 17.5 Å². The van der Waals surface area contributed by atoms with Gasteiger partial charge in [-0.15, -0.1) is 0 Å². The minimum Gasteiger partial charge on any atom is -0.300 e. The fourth-order valence-electron chi connectivity index (χ4n) is 2.27. The number of hydrogen-bond donors (Lipinski definition) is 1. The monoisotopic (exact) mass is 347 g/mol. The Labute approximate surface area is 148 Å². The van der Waals surface area contributed by atoms with Gasteiger partial charge in [-0.3, -0.25) is 9.59 Å². The Balaban J connectivity index is 1.88. The van der Waals surface area contributed by atoms with Crippen LogP contribution in [-0.2, 0) is 0 Å². The van der Waals surface area contributed by atoms with E-state index in [-0.39, 0.29) is 17.1 Å². The lowest BCUT2D eigenvalue weighted by Gasteiger charge is -2.06. The summed E-state index contributed by atoms with van der Waals surface area (Å²) in [5.74, 6) is 0.0893. The molecule has 1 aromatic heterocycles. The van der Waals surface area contributed by atoms with Crippen molar-refractivity contribution in [2.75, 3.05) is 5.75 Å². The normalized spacial score (nSPS) is 10.2. The zero-order valence-corrected chi connectivity index (χ0v) is 13.9. The highest BCUT2D eigenvalue weighted by Crippen LogP contribution is 2.22. The summed E-state index contributed by atoms with van der Waals surface area (Å²) in [6.07, 6.45) is 0. The number of aromatic nitrogens is 2. The maximum atomic E-state index is 12.2. The summed E-state index contributed by atoms with van der Waals surface area (Å²) in [4.78, 5) is 31.3. The van der Waals surface area contributed by atoms with Crippen molar-refractivity contribution in [3.05, 3.63) is 82.1 Å². The first-order chi connectivity index (χ1) is 12.2. The van der Waals surface area contributed by atoms with Crippen molar-refractivity contribution in [3.63, 3.8) is 0 Å². The van der Waals surface area contributed by atoms with Crippen molar-refractivity contribution in [2.45, 2.75) is 5.16 Å². The number of rotatable bonds is 5. The molecule has 0 aliphatic carbocycles. The van der Waals surface area contributed by atoms with Crippen molar-refractivity contribution < 1.29 is 4.79 Å². The number of aromatic amines is 1. The molecule has 0 unspecified atom stereocenters. The van der Waals surface area contributed by atoms with Gasteiger partial charge >= 0.3 is 0 Å². The summed E-state index contributed by atoms with van der Waals surface area (Å²) in [7, 11) is 0. The van der Waals surface area contributed by atoms with Gasteiger partial charge in [-0.1, -0.05) is 72.4 Å². The first-order valence-corrected chi connectivity index (χ1v) is 8.48. The fourth-order valence-corrected chi connectivity index (χ4v) is 3.03. The van der Waals surface area contributed by atoms with Gasteiger partial charge in [0, 0.05) is 11.1 Å². The Kier molecular flexibility index (Phi) is 5.07. The summed E-state index contributed by atoms with van der Waals surface area (Å²) < 4.78 is 0. The molecule has 0 radical (unpaired) electrons. The molecular weight excluding hydrogens is 334 g/mol. The van der Waals surface area contributed by atoms with E-state index < -0.39 is 5.56 Å². The van der Waals surface area contributed by atoms with Gasteiger partial charge in [-0.25, -0.2) is 4.98 Å². The summed E-state index contributed by atoms with van der Waals surface area (Å²) in [5, 5.41) is 9.56. The van der Waals surface area contributed by atoms with Crippen molar-refractivity contribution in [2.24, 2.45) is 0 Å². The van der Waals surface area contributed by atoms with Crippen LogP contribution in [0.15, 0.2) is 70.6 Å². The maximum Gasteiger partial charge on any atom is 0.270 e. The molecule has 0 bridgehead atoms. The third kappa shape index (κ3) is 3.84. The Morgan fingerprint density at radius 1 is 1.08 bits per heavy atom. The largest absolute Gasteiger partial charge is 0.300 e. The minimum absolute atomic E-state index is 0.0371. The summed E-state index contributed by atoms with van der Waals surface area (Å²) in [6.45, 7) is 0. The van der Waals surface area contributed by atoms with Gasteiger partial charge in [0.25, 0.3) is 5.56 Å². The molecule has 3 aromatic rings. The number of H-pyrrole nitrogens is 1. The molecule has 0 aliphatic rings. The van der Waals surface area contributed by atoms with Crippen molar-refractivity contribution in [1.29, 1.82) is 5.26 Å². The summed E-state index contributed by atoms with van der Waals surface area (Å²) in [6, 6.07) is 19.9. The van der Waals surface area contributed by atoms with Crippen LogP contribution in [0.5, 0.6) is 0 Å². The number of hydrogen-bond acceptors (Lipinski definition) is 5. The molecule has 0 saturated carbocycles. The molecule has 2 aromatic carbocycles. The predicted octanol–water partition coefficient (Wildman–Crippen LogP) is 3.28. The zero-order valence-electron chi connectivity index (χ0n) is 13.1. The van der Waals surface area contributed by atoms with E-state index in [2.05, 4.69) is 9.97 Å². The third-order valence-corrected chi connectivity index (χ3v) is 4.37. The van der Waals surface area contributed by atoms with Gasteiger partial charge in [0.2, 0.25) is 0 Å². The van der Waals surface area contributed by atoms with Gasteiger partial charge in [-0.2, -0.15) is 5.26 Å². The minimum atomic E-state index is -0.508. The van der Waals surface area contributed by atoms with Gasteiger partial charge in [0.05, 0.1) is 11.4 Å². The highest BCUT2D eigenvalue weighted by atomic mass is 32.2. The molecule has 0 aliphatic heterocycles. The Hall–Kier alpha value is -3.17. The van der Waals surface area contributed by atoms with Crippen molar-refractivity contribution in [3.8, 4) is 17.3 Å². The number of thioether (sulfide) groups is 1. The first kappa shape index (κ1) is 16.7. The summed E-state index contributed by atoms with van der Waals surface area (Å²) in [5.41, 5.74) is 1.06. The molecule has 1 N–H and O–H groups in total. The van der Waals surface area contributed by atoms with Crippen LogP contribution in [0.1, 0.15) is 15.9 Å². The average molecular weight is 347 g/mol. The van der Waals surface area contributed by atoms with E-state index >= 15 is 0 Å². The lowest BCUT2D eigenvalue weighted by Crippen LogP contribution is -2.15. The van der Waals surface area contributed by atoms with E-state index in [1.165, 1.54) is 0 Å². The molecule has 122 valence electrons. The Morgan fingerprint density at radius 2 is 1.72 bits per heavy atom. The first-order valence-electron chi connectivity index (χ1n) is 7.50. The standard InChI is InChI=1S/C19H13N3O2S/c20-11-15-17(14-9-5-2-6-10-14)21-19(22-18(15)24)25-12-16(23)13-7-3-1-4-8-13/h1-10H,12H2,(H,21,22,24). The van der Waals surface area contributed by atoms with Gasteiger partial charge in [0.1, 0.15) is 11.6 Å². The van der Waals surface area contributed by atoms with E-state index in [1.54, 1.807) is 36.4 Å². The molecule has 3 rings (SSSR count). The SMILES string of the molecule is N#Cc1c(-c2ccccc2)nc(SCC(=O)c2ccccc2)[nH]c1=O. The van der Waals surface area contributed by atoms with Crippen LogP contribution in [0.2, 0.25) is 0 Å². The molecule has 0 atom stereocenters. The topological polar surface area (TPSA) is 86.6 Å². The molecule has 5 nitrogen and oxygen atoms in total. The molecule has 0 spiro atoms. The lowest BCUT2D eigenvalue weighted by molar-refractivity contribution is 0.102. The van der Waals surface area contributed by atoms with E-state index in [4.69, 9.17) is 0 Å². The number of nitrogens with one attached hydrogen (secondary N) is 1. The number of nitriles is 1. The third-order valence-electron chi connectivity index (χ3n) is 3.49. The molecule has 1 heterocycles. The number of Topliss-reactive ketones (excluding diaryl/α,β-unsaturated/α-hetero) is 1. The second kappa shape index (κ2) is 7.60. The quantitative estimate of drug-likeness (QED) is 0.435. The lowest BCUT2D eigenvalue weighted by atomic mass is 10.1. The van der Waals surface area contributed by atoms with Gasteiger partial charge in [-0.05, 0) is 0 Å². The Bertz CT molecular complexity index is 993. The van der Waals surface area contributed by atoms with E-state index in [1.807, 2.05) is 30.3 Å². The predicted molar refractivity (Wildman–Crippen MR) is 96.5 cm³/mol. The maximum absolute atomic E-state index is 12.2. The summed E-state index contributed by atoms with van der Waals surface area (Å²) >= 11 is 1.14. The zero-order chi connectivity index (χ0) is 17.6. The highest BCUT2D eigenvalue weighted by Gasteiger charge is 2.14. The number of carbonyl (C=O) groups is 1. The molecule has 0 amide bonds. The van der Waals surface area contributed by atoms with Crippen LogP contribution in [0.25, 0.3) is 11.3 Å². The molecule has 6 heteroatoms. The Morgan fingerprint density at radius 3 is 2.36 bits per heavy atom. The molecular formula is C19H13N3O2S. The van der Waals surface area contributed by atoms with Gasteiger partial charge < -0.3 is 4.98 Å². The van der Waals surface area contributed by atoms with Crippen LogP contribution in [0.4, 0.5) is 0 Å². The molecule has 0 fully saturated rings. The molecule has 25 heavy (non-hydrogen) atoms. The number of benzene rings is 2. The van der Waals surface area contributed by atoms with Crippen LogP contribution in [0, 0.1) is 11.3 Å². The van der Waals surface area contributed by atoms with Gasteiger partial charge in [0.15, 0.2) is 10.9 Å². The number of carbonyl (C=O) groups excluding carboxylic acids is 1. The average Bonchev–Trinajstić information content (AvgIpc) is 2.67. The van der Waals surface area contributed by atoms with E-state index in [0.29, 0.717) is 22.0 Å². The number of nitrogens with zero attached hydrogens (tertiary/aromatic N) is 2. The second-order valence-corrected chi connectivity index (χ2v) is 6.11. The van der Waals surface area contributed by atoms with Crippen LogP contribution < -0.4 is 5.56 Å². The van der Waals surface area contributed by atoms with E-state index in [9.17, 15) is 14.9 Å². The second-order valence-electron chi connectivity index (χ2n) is 5.15. The van der Waals surface area contributed by atoms with Crippen LogP contribution >= 0.6 is 11.8 Å². The smallest absolute Gasteiger partial charge is 0.270 e. The van der Waals surface area contributed by atoms with Crippen molar-refractivity contribution in [1.82, 2.24) is 9.97 Å². The highest BCUT2D eigenvalue weighted by molar-refractivity contribution is 7.99. The fraction of sp³-hybridized carbons (Fsp3) is 0.0526. The molecule has 0 saturated heterocycles. The number of ketones is 1. The van der Waals surface area contributed by atoms with E-state index in [0.717, 1.165) is 11.8 Å². The van der Waals surface area contributed by atoms with Crippen LogP contribution in [-0.4, -0.2) is 21.5 Å².